The van der Waals surface area contributed by atoms with Crippen molar-refractivity contribution in [2.75, 3.05) is 0 Å². The molecule has 26 heavy (non-hydrogen) atoms. The molecule has 1 atom stereocenters. The van der Waals surface area contributed by atoms with Crippen molar-refractivity contribution in [1.29, 1.82) is 0 Å². The summed E-state index contributed by atoms with van der Waals surface area (Å²) in [6.07, 6.45) is 1.37. The summed E-state index contributed by atoms with van der Waals surface area (Å²) in [5, 5.41) is 56.9. The number of hydrogen-bond acceptors (Lipinski definition) is 7. The Hall–Kier alpha value is -3.52. The lowest BCUT2D eigenvalue weighted by Crippen LogP contribution is -2.47. The van der Waals surface area contributed by atoms with Crippen LogP contribution in [0.5, 0.6) is 23.0 Å². The fourth-order valence-corrected chi connectivity index (χ4v) is 2.20. The summed E-state index contributed by atoms with van der Waals surface area (Å²) in [6.45, 7) is 0. The van der Waals surface area contributed by atoms with E-state index in [2.05, 4.69) is 0 Å². The molecule has 8 nitrogen and oxygen atoms in total. The molecule has 0 amide bonds. The number of carboxylic acids is 1. The van der Waals surface area contributed by atoms with Gasteiger partial charge in [0.1, 0.15) is 0 Å². The SMILES string of the molecule is O=C(O)C(O)(Cc1ccc(O)c(O)c1)C(=O)/C=C/c1ccc(O)c(O)c1. The molecule has 8 heteroatoms. The maximum Gasteiger partial charge on any atom is 0.344 e. The highest BCUT2D eigenvalue weighted by Crippen LogP contribution is 2.28. The molecular weight excluding hydrogens is 344 g/mol. The first-order chi connectivity index (χ1) is 12.1. The van der Waals surface area contributed by atoms with Crippen LogP contribution in [0.25, 0.3) is 6.08 Å². The van der Waals surface area contributed by atoms with Crippen molar-refractivity contribution in [2.24, 2.45) is 0 Å². The van der Waals surface area contributed by atoms with Crippen molar-refractivity contribution >= 4 is 17.8 Å². The van der Waals surface area contributed by atoms with E-state index >= 15 is 0 Å². The minimum Gasteiger partial charge on any atom is -0.504 e. The van der Waals surface area contributed by atoms with E-state index in [0.29, 0.717) is 5.56 Å². The summed E-state index contributed by atoms with van der Waals surface area (Å²) in [4.78, 5) is 23.7. The number of aliphatic hydroxyl groups is 1. The highest BCUT2D eigenvalue weighted by atomic mass is 16.4. The van der Waals surface area contributed by atoms with Crippen LogP contribution in [-0.2, 0) is 16.0 Å². The van der Waals surface area contributed by atoms with Gasteiger partial charge in [-0.3, -0.25) is 4.79 Å². The summed E-state index contributed by atoms with van der Waals surface area (Å²) in [6, 6.07) is 7.11. The third-order valence-electron chi connectivity index (χ3n) is 3.69. The van der Waals surface area contributed by atoms with Gasteiger partial charge < -0.3 is 30.6 Å². The summed E-state index contributed by atoms with van der Waals surface area (Å²) < 4.78 is 0. The highest BCUT2D eigenvalue weighted by molar-refractivity contribution is 6.13. The maximum absolute atomic E-state index is 12.2. The van der Waals surface area contributed by atoms with Crippen LogP contribution >= 0.6 is 0 Å². The maximum atomic E-state index is 12.2. The average molecular weight is 360 g/mol. The van der Waals surface area contributed by atoms with Gasteiger partial charge >= 0.3 is 5.97 Å². The molecule has 0 aromatic heterocycles. The molecule has 0 bridgehead atoms. The number of phenols is 4. The standard InChI is InChI=1S/C18H16O8/c19-12-4-1-10(7-14(12)21)3-6-16(23)18(26,17(24)25)9-11-2-5-13(20)15(22)8-11/h1-8,19-22,26H,9H2,(H,24,25)/b6-3+. The molecule has 0 aliphatic heterocycles. The van der Waals surface area contributed by atoms with Crippen LogP contribution in [0.4, 0.5) is 0 Å². The Morgan fingerprint density at radius 3 is 2.00 bits per heavy atom. The van der Waals surface area contributed by atoms with Crippen LogP contribution in [-0.4, -0.2) is 48.0 Å². The van der Waals surface area contributed by atoms with Crippen LogP contribution in [0, 0.1) is 0 Å². The lowest BCUT2D eigenvalue weighted by atomic mass is 9.89. The lowest BCUT2D eigenvalue weighted by molar-refractivity contribution is -0.163. The number of rotatable bonds is 6. The van der Waals surface area contributed by atoms with Crippen LogP contribution in [0.15, 0.2) is 42.5 Å². The second kappa shape index (κ2) is 7.16. The van der Waals surface area contributed by atoms with E-state index in [0.717, 1.165) is 24.3 Å². The Labute approximate surface area is 147 Å². The Balaban J connectivity index is 2.27. The largest absolute Gasteiger partial charge is 0.504 e. The molecule has 6 N–H and O–H groups in total. The van der Waals surface area contributed by atoms with E-state index < -0.39 is 41.0 Å². The molecule has 0 fully saturated rings. The molecule has 1 unspecified atom stereocenters. The molecule has 0 saturated carbocycles. The third-order valence-corrected chi connectivity index (χ3v) is 3.69. The first-order valence-corrected chi connectivity index (χ1v) is 7.34. The molecule has 0 saturated heterocycles. The zero-order chi connectivity index (χ0) is 19.5. The number of benzene rings is 2. The summed E-state index contributed by atoms with van der Waals surface area (Å²) in [5.41, 5.74) is -2.38. The molecule has 2 aromatic carbocycles. The number of aliphatic carboxylic acids is 1. The number of carbonyl (C=O) groups is 2. The Kier molecular flexibility index (Phi) is 5.18. The van der Waals surface area contributed by atoms with Crippen molar-refractivity contribution in [3.05, 3.63) is 53.6 Å². The molecule has 0 heterocycles. The normalized spacial score (nSPS) is 13.4. The predicted molar refractivity (Wildman–Crippen MR) is 89.9 cm³/mol. The fraction of sp³-hybridized carbons (Fsp3) is 0.111. The van der Waals surface area contributed by atoms with Gasteiger partial charge in [0.15, 0.2) is 28.8 Å². The van der Waals surface area contributed by atoms with Crippen LogP contribution in [0.3, 0.4) is 0 Å². The molecule has 0 aliphatic rings. The van der Waals surface area contributed by atoms with Crippen LogP contribution in [0.2, 0.25) is 0 Å². The number of aromatic hydroxyl groups is 4. The van der Waals surface area contributed by atoms with Crippen molar-refractivity contribution in [2.45, 2.75) is 12.0 Å². The molecular formula is C18H16O8. The summed E-state index contributed by atoms with van der Waals surface area (Å²) in [7, 11) is 0. The smallest absolute Gasteiger partial charge is 0.344 e. The minimum absolute atomic E-state index is 0.120. The van der Waals surface area contributed by atoms with Gasteiger partial charge in [0.2, 0.25) is 5.60 Å². The van der Waals surface area contributed by atoms with E-state index in [4.69, 9.17) is 0 Å². The molecule has 0 spiro atoms. The van der Waals surface area contributed by atoms with Crippen LogP contribution in [0.1, 0.15) is 11.1 Å². The highest BCUT2D eigenvalue weighted by Gasteiger charge is 2.42. The fourth-order valence-electron chi connectivity index (χ4n) is 2.20. The van der Waals surface area contributed by atoms with Crippen molar-refractivity contribution in [3.8, 4) is 23.0 Å². The Morgan fingerprint density at radius 1 is 0.885 bits per heavy atom. The van der Waals surface area contributed by atoms with Gasteiger partial charge in [0.25, 0.3) is 0 Å². The Bertz CT molecular complexity index is 887. The second-order valence-electron chi connectivity index (χ2n) is 5.61. The van der Waals surface area contributed by atoms with Gasteiger partial charge in [-0.1, -0.05) is 18.2 Å². The predicted octanol–water partition coefficient (Wildman–Crippen LogP) is 1.15. The van der Waals surface area contributed by atoms with Gasteiger partial charge in [-0.2, -0.15) is 0 Å². The topological polar surface area (TPSA) is 156 Å². The monoisotopic (exact) mass is 360 g/mol. The minimum atomic E-state index is -2.79. The number of carboxylic acid groups (broad SMARTS) is 1. The first-order valence-electron chi connectivity index (χ1n) is 7.34. The van der Waals surface area contributed by atoms with Gasteiger partial charge in [-0.25, -0.2) is 4.79 Å². The zero-order valence-corrected chi connectivity index (χ0v) is 13.3. The first kappa shape index (κ1) is 18.8. The number of hydrogen-bond donors (Lipinski definition) is 6. The molecule has 0 radical (unpaired) electrons. The zero-order valence-electron chi connectivity index (χ0n) is 13.3. The molecule has 0 aliphatic carbocycles. The molecule has 136 valence electrons. The van der Waals surface area contributed by atoms with Gasteiger partial charge in [0, 0.05) is 6.42 Å². The van der Waals surface area contributed by atoms with E-state index in [-0.39, 0.29) is 11.3 Å². The molecule has 2 rings (SSSR count). The van der Waals surface area contributed by atoms with Gasteiger partial charge in [-0.05, 0) is 41.5 Å². The number of ketones is 1. The van der Waals surface area contributed by atoms with E-state index in [9.17, 15) is 40.2 Å². The van der Waals surface area contributed by atoms with Gasteiger partial charge in [-0.15, -0.1) is 0 Å². The van der Waals surface area contributed by atoms with E-state index in [1.165, 1.54) is 24.3 Å². The van der Waals surface area contributed by atoms with Crippen molar-refractivity contribution in [3.63, 3.8) is 0 Å². The summed E-state index contributed by atoms with van der Waals surface area (Å²) >= 11 is 0. The quantitative estimate of drug-likeness (QED) is 0.254. The van der Waals surface area contributed by atoms with E-state index in [1.807, 2.05) is 0 Å². The van der Waals surface area contributed by atoms with E-state index in [1.54, 1.807) is 0 Å². The van der Waals surface area contributed by atoms with Crippen LogP contribution < -0.4 is 0 Å². The van der Waals surface area contributed by atoms with Gasteiger partial charge in [0.05, 0.1) is 0 Å². The average Bonchev–Trinajstić information content (AvgIpc) is 2.58. The third kappa shape index (κ3) is 3.93. The summed E-state index contributed by atoms with van der Waals surface area (Å²) in [5.74, 6) is -4.64. The van der Waals surface area contributed by atoms with Crippen molar-refractivity contribution in [1.82, 2.24) is 0 Å². The van der Waals surface area contributed by atoms with Crippen molar-refractivity contribution < 1.29 is 40.2 Å². The number of phenolic OH excluding ortho intramolecular Hbond substituents is 4. The second-order valence-corrected chi connectivity index (χ2v) is 5.61. The number of carbonyl (C=O) groups excluding carboxylic acids is 1. The lowest BCUT2D eigenvalue weighted by Gasteiger charge is -2.20. The Morgan fingerprint density at radius 2 is 1.46 bits per heavy atom. The molecule has 2 aromatic rings.